The molecule has 0 fully saturated rings. The maximum Gasteiger partial charge on any atom is 0.259 e. The van der Waals surface area contributed by atoms with Crippen molar-refractivity contribution in [2.45, 2.75) is 0 Å². The molecule has 1 aromatic rings. The molecule has 2 rings (SSSR count). The number of primary amides is 1. The lowest BCUT2D eigenvalue weighted by molar-refractivity contribution is 0.1000. The Kier molecular flexibility index (Phi) is 1.67. The lowest BCUT2D eigenvalue weighted by atomic mass is 10.1. The molecule has 5 heteroatoms. The molecule has 1 aliphatic heterocycles. The summed E-state index contributed by atoms with van der Waals surface area (Å²) in [6, 6.07) is 0. The first-order chi connectivity index (χ1) is 6.61. The van der Waals surface area contributed by atoms with Crippen molar-refractivity contribution in [3.05, 3.63) is 33.9 Å². The fourth-order valence-corrected chi connectivity index (χ4v) is 1.41. The zero-order valence-corrected chi connectivity index (χ0v) is 7.52. The van der Waals surface area contributed by atoms with E-state index in [9.17, 15) is 9.59 Å². The van der Waals surface area contributed by atoms with Crippen molar-refractivity contribution >= 4 is 17.7 Å². The van der Waals surface area contributed by atoms with Crippen molar-refractivity contribution in [1.82, 2.24) is 9.88 Å². The van der Waals surface area contributed by atoms with Gasteiger partial charge in [-0.05, 0) is 6.08 Å². The maximum atomic E-state index is 11.5. The van der Waals surface area contributed by atoms with E-state index in [0.717, 1.165) is 0 Å². The highest BCUT2D eigenvalue weighted by atomic mass is 16.1. The molecule has 1 aliphatic rings. The molecule has 0 saturated heterocycles. The molecule has 2 heterocycles. The van der Waals surface area contributed by atoms with Gasteiger partial charge in [-0.1, -0.05) is 0 Å². The summed E-state index contributed by atoms with van der Waals surface area (Å²) in [6.45, 7) is 0. The highest BCUT2D eigenvalue weighted by Crippen LogP contribution is 2.23. The molecule has 71 valence electrons. The SMILES string of the molecule is Cn1cc(C(N)=O)c2c(c1=O)C=C[N]2. The summed E-state index contributed by atoms with van der Waals surface area (Å²) >= 11 is 0. The van der Waals surface area contributed by atoms with E-state index in [0.29, 0.717) is 11.3 Å². The monoisotopic (exact) mass is 190 g/mol. The molecule has 2 N–H and O–H groups in total. The van der Waals surface area contributed by atoms with E-state index in [2.05, 4.69) is 5.32 Å². The van der Waals surface area contributed by atoms with Gasteiger partial charge in [0.15, 0.2) is 0 Å². The van der Waals surface area contributed by atoms with Gasteiger partial charge in [-0.2, -0.15) is 0 Å². The second kappa shape index (κ2) is 2.73. The van der Waals surface area contributed by atoms with Gasteiger partial charge in [0.25, 0.3) is 11.5 Å². The molecular weight excluding hydrogens is 182 g/mol. The number of carbonyl (C=O) groups excluding carboxylic acids is 1. The Labute approximate surface area is 79.8 Å². The topological polar surface area (TPSA) is 79.2 Å². The van der Waals surface area contributed by atoms with Crippen LogP contribution in [0, 0.1) is 0 Å². The number of amides is 1. The molecule has 0 aliphatic carbocycles. The molecular formula is C9H8N3O2. The molecule has 14 heavy (non-hydrogen) atoms. The molecule has 5 nitrogen and oxygen atoms in total. The van der Waals surface area contributed by atoms with Crippen molar-refractivity contribution in [2.75, 3.05) is 0 Å². The van der Waals surface area contributed by atoms with Crippen molar-refractivity contribution in [1.29, 1.82) is 0 Å². The second-order valence-corrected chi connectivity index (χ2v) is 3.03. The van der Waals surface area contributed by atoms with Crippen LogP contribution >= 0.6 is 0 Å². The Morgan fingerprint density at radius 1 is 1.57 bits per heavy atom. The normalized spacial score (nSPS) is 12.4. The van der Waals surface area contributed by atoms with E-state index >= 15 is 0 Å². The van der Waals surface area contributed by atoms with Crippen LogP contribution in [0.5, 0.6) is 0 Å². The van der Waals surface area contributed by atoms with Crippen LogP contribution in [-0.4, -0.2) is 10.5 Å². The van der Waals surface area contributed by atoms with Crippen LogP contribution < -0.4 is 16.6 Å². The van der Waals surface area contributed by atoms with Crippen LogP contribution in [0.3, 0.4) is 0 Å². The molecule has 0 unspecified atom stereocenters. The standard InChI is InChI=1S/C9H8N3O2/c1-12-4-6(8(10)13)7-5(9(12)14)2-3-11-7/h2-4H,1H3,(H2,10,13). The Morgan fingerprint density at radius 3 is 2.93 bits per heavy atom. The van der Waals surface area contributed by atoms with E-state index in [1.807, 2.05) is 0 Å². The molecule has 0 atom stereocenters. The zero-order valence-electron chi connectivity index (χ0n) is 7.52. The quantitative estimate of drug-likeness (QED) is 0.660. The number of hydrogen-bond acceptors (Lipinski definition) is 2. The third kappa shape index (κ3) is 1.02. The lowest BCUT2D eigenvalue weighted by Gasteiger charge is -2.06. The van der Waals surface area contributed by atoms with Gasteiger partial charge in [-0.3, -0.25) is 14.9 Å². The number of nitrogens with zero attached hydrogens (tertiary/aromatic N) is 2. The molecule has 0 bridgehead atoms. The molecule has 0 spiro atoms. The minimum absolute atomic E-state index is 0.178. The van der Waals surface area contributed by atoms with Gasteiger partial charge in [0, 0.05) is 19.4 Å². The van der Waals surface area contributed by atoms with Gasteiger partial charge in [-0.25, -0.2) is 0 Å². The fraction of sp³-hybridized carbons (Fsp3) is 0.111. The molecule has 1 aromatic heterocycles. The van der Waals surface area contributed by atoms with E-state index < -0.39 is 5.91 Å². The highest BCUT2D eigenvalue weighted by Gasteiger charge is 2.19. The van der Waals surface area contributed by atoms with Gasteiger partial charge in [0.05, 0.1) is 16.8 Å². The highest BCUT2D eigenvalue weighted by molar-refractivity contribution is 5.99. The average molecular weight is 190 g/mol. The first-order valence-corrected chi connectivity index (χ1v) is 4.02. The van der Waals surface area contributed by atoms with Crippen molar-refractivity contribution < 1.29 is 4.79 Å². The summed E-state index contributed by atoms with van der Waals surface area (Å²) < 4.78 is 1.32. The summed E-state index contributed by atoms with van der Waals surface area (Å²) in [5.41, 5.74) is 6.05. The summed E-state index contributed by atoms with van der Waals surface area (Å²) in [4.78, 5) is 22.6. The van der Waals surface area contributed by atoms with Crippen LogP contribution in [0.2, 0.25) is 0 Å². The number of fused-ring (bicyclic) bond motifs is 1. The van der Waals surface area contributed by atoms with Crippen molar-refractivity contribution in [3.8, 4) is 0 Å². The van der Waals surface area contributed by atoms with E-state index in [-0.39, 0.29) is 11.1 Å². The van der Waals surface area contributed by atoms with Gasteiger partial charge in [0.2, 0.25) is 0 Å². The number of aromatic nitrogens is 1. The van der Waals surface area contributed by atoms with Crippen LogP contribution in [0.15, 0.2) is 17.2 Å². The number of carbonyl (C=O) groups is 1. The summed E-state index contributed by atoms with van der Waals surface area (Å²) in [6.07, 6.45) is 4.46. The Morgan fingerprint density at radius 2 is 2.29 bits per heavy atom. The van der Waals surface area contributed by atoms with Crippen LogP contribution in [-0.2, 0) is 7.05 Å². The van der Waals surface area contributed by atoms with Gasteiger partial charge in [-0.15, -0.1) is 0 Å². The van der Waals surface area contributed by atoms with Crippen LogP contribution in [0.4, 0.5) is 5.69 Å². The van der Waals surface area contributed by atoms with Crippen LogP contribution in [0.1, 0.15) is 15.9 Å². The minimum atomic E-state index is -0.579. The van der Waals surface area contributed by atoms with Gasteiger partial charge < -0.3 is 10.3 Å². The fourth-order valence-electron chi connectivity index (χ4n) is 1.41. The third-order valence-corrected chi connectivity index (χ3v) is 2.09. The van der Waals surface area contributed by atoms with E-state index in [1.165, 1.54) is 17.0 Å². The van der Waals surface area contributed by atoms with Gasteiger partial charge in [0.1, 0.15) is 0 Å². The average Bonchev–Trinajstić information content (AvgIpc) is 2.59. The van der Waals surface area contributed by atoms with Gasteiger partial charge >= 0.3 is 0 Å². The van der Waals surface area contributed by atoms with E-state index in [4.69, 9.17) is 5.73 Å². The van der Waals surface area contributed by atoms with E-state index in [1.54, 1.807) is 13.1 Å². The second-order valence-electron chi connectivity index (χ2n) is 3.03. The molecule has 1 amide bonds. The Bertz CT molecular complexity index is 500. The van der Waals surface area contributed by atoms with Crippen LogP contribution in [0.25, 0.3) is 6.08 Å². The predicted octanol–water partition coefficient (Wildman–Crippen LogP) is -0.296. The maximum absolute atomic E-state index is 11.5. The summed E-state index contributed by atoms with van der Waals surface area (Å²) in [7, 11) is 1.57. The first-order valence-electron chi connectivity index (χ1n) is 4.02. The Hall–Kier alpha value is -2.04. The first kappa shape index (κ1) is 8.55. The van der Waals surface area contributed by atoms with Crippen molar-refractivity contribution in [2.24, 2.45) is 12.8 Å². The number of hydrogen-bond donors (Lipinski definition) is 1. The number of rotatable bonds is 1. The number of nitrogens with two attached hydrogens (primary N) is 1. The molecule has 0 saturated carbocycles. The Balaban J connectivity index is 2.81. The minimum Gasteiger partial charge on any atom is -0.365 e. The third-order valence-electron chi connectivity index (χ3n) is 2.09. The summed E-state index contributed by atoms with van der Waals surface area (Å²) in [5, 5.41) is 3.93. The predicted molar refractivity (Wildman–Crippen MR) is 51.0 cm³/mol. The van der Waals surface area contributed by atoms with Crippen molar-refractivity contribution in [3.63, 3.8) is 0 Å². The zero-order chi connectivity index (χ0) is 10.3. The number of aryl methyl sites for hydroxylation is 1. The lowest BCUT2D eigenvalue weighted by Crippen LogP contribution is -2.23. The molecule has 1 radical (unpaired) electrons. The molecule has 0 aromatic carbocycles. The smallest absolute Gasteiger partial charge is 0.259 e. The summed E-state index contributed by atoms with van der Waals surface area (Å²) in [5.74, 6) is -0.579. The number of pyridine rings is 1. The largest absolute Gasteiger partial charge is 0.365 e.